The number of benzene rings is 2. The minimum atomic E-state index is -3.61. The molecule has 0 saturated carbocycles. The summed E-state index contributed by atoms with van der Waals surface area (Å²) < 4.78 is 27.0. The lowest BCUT2D eigenvalue weighted by Crippen LogP contribution is -2.39. The smallest absolute Gasteiger partial charge is 0.243 e. The number of hydrogen-bond donors (Lipinski definition) is 1. The van der Waals surface area contributed by atoms with Crippen molar-refractivity contribution in [3.05, 3.63) is 65.7 Å². The lowest BCUT2D eigenvalue weighted by atomic mass is 10.1. The molecule has 1 N–H and O–H groups in total. The van der Waals surface area contributed by atoms with Crippen molar-refractivity contribution in [1.82, 2.24) is 9.62 Å². The van der Waals surface area contributed by atoms with Gasteiger partial charge in [0.2, 0.25) is 15.9 Å². The predicted octanol–water partition coefficient (Wildman–Crippen LogP) is 3.14. The first kappa shape index (κ1) is 21.1. The molecule has 0 spiro atoms. The lowest BCUT2D eigenvalue weighted by Gasteiger charge is -2.25. The molecule has 0 bridgehead atoms. The second-order valence-electron chi connectivity index (χ2n) is 6.86. The molecule has 27 heavy (non-hydrogen) atoms. The third-order valence-electron chi connectivity index (χ3n) is 4.34. The standard InChI is InChI=1S/C21H28N2O3S/c1-17(2)23(27(25,26)20-7-5-4-6-8-20)16-14-21(24)22-15-13-19-11-9-18(3)10-12-19/h4-12,17H,13-16H2,1-3H3,(H,22,24). The van der Waals surface area contributed by atoms with Crippen LogP contribution in [0.15, 0.2) is 59.5 Å². The molecule has 2 aromatic carbocycles. The van der Waals surface area contributed by atoms with Crippen LogP contribution in [-0.2, 0) is 21.2 Å². The molecule has 1 amide bonds. The largest absolute Gasteiger partial charge is 0.356 e. The van der Waals surface area contributed by atoms with Gasteiger partial charge in [0, 0.05) is 25.6 Å². The fourth-order valence-corrected chi connectivity index (χ4v) is 4.44. The summed E-state index contributed by atoms with van der Waals surface area (Å²) in [5, 5.41) is 2.87. The van der Waals surface area contributed by atoms with Crippen LogP contribution in [-0.4, -0.2) is 37.8 Å². The van der Waals surface area contributed by atoms with E-state index >= 15 is 0 Å². The number of carbonyl (C=O) groups excluding carboxylic acids is 1. The van der Waals surface area contributed by atoms with Gasteiger partial charge < -0.3 is 5.32 Å². The number of nitrogens with zero attached hydrogens (tertiary/aromatic N) is 1. The number of carbonyl (C=O) groups is 1. The van der Waals surface area contributed by atoms with E-state index in [0.717, 1.165) is 12.0 Å². The molecule has 5 nitrogen and oxygen atoms in total. The van der Waals surface area contributed by atoms with Crippen molar-refractivity contribution in [2.45, 2.75) is 44.6 Å². The molecular weight excluding hydrogens is 360 g/mol. The third kappa shape index (κ3) is 6.19. The Labute approximate surface area is 162 Å². The van der Waals surface area contributed by atoms with Crippen LogP contribution in [0.25, 0.3) is 0 Å². The van der Waals surface area contributed by atoms with E-state index in [9.17, 15) is 13.2 Å². The van der Waals surface area contributed by atoms with E-state index < -0.39 is 10.0 Å². The first-order chi connectivity index (χ1) is 12.8. The van der Waals surface area contributed by atoms with E-state index in [0.29, 0.717) is 6.54 Å². The molecule has 0 aliphatic carbocycles. The van der Waals surface area contributed by atoms with Crippen LogP contribution in [0, 0.1) is 6.92 Å². The maximum Gasteiger partial charge on any atom is 0.243 e. The van der Waals surface area contributed by atoms with Crippen molar-refractivity contribution in [2.75, 3.05) is 13.1 Å². The van der Waals surface area contributed by atoms with Gasteiger partial charge in [0.1, 0.15) is 0 Å². The third-order valence-corrected chi connectivity index (χ3v) is 6.43. The van der Waals surface area contributed by atoms with Crippen LogP contribution in [0.5, 0.6) is 0 Å². The Morgan fingerprint density at radius 1 is 1.04 bits per heavy atom. The lowest BCUT2D eigenvalue weighted by molar-refractivity contribution is -0.121. The molecule has 146 valence electrons. The first-order valence-corrected chi connectivity index (χ1v) is 10.6. The highest BCUT2D eigenvalue weighted by Crippen LogP contribution is 2.18. The van der Waals surface area contributed by atoms with Gasteiger partial charge in [-0.3, -0.25) is 4.79 Å². The summed E-state index contributed by atoms with van der Waals surface area (Å²) in [6.07, 6.45) is 0.889. The Bertz CT molecular complexity index is 831. The molecule has 2 aromatic rings. The molecule has 0 unspecified atom stereocenters. The van der Waals surface area contributed by atoms with Gasteiger partial charge in [-0.05, 0) is 44.9 Å². The van der Waals surface area contributed by atoms with Crippen molar-refractivity contribution in [3.8, 4) is 0 Å². The molecule has 6 heteroatoms. The Kier molecular flexibility index (Phi) is 7.56. The number of amides is 1. The summed E-state index contributed by atoms with van der Waals surface area (Å²) in [4.78, 5) is 12.4. The molecule has 0 aromatic heterocycles. The SMILES string of the molecule is Cc1ccc(CCNC(=O)CCN(C(C)C)S(=O)(=O)c2ccccc2)cc1. The first-order valence-electron chi connectivity index (χ1n) is 9.20. The number of nitrogens with one attached hydrogen (secondary N) is 1. The van der Waals surface area contributed by atoms with Gasteiger partial charge in [-0.25, -0.2) is 8.42 Å². The number of rotatable bonds is 9. The van der Waals surface area contributed by atoms with Gasteiger partial charge in [-0.1, -0.05) is 48.0 Å². The van der Waals surface area contributed by atoms with Crippen LogP contribution < -0.4 is 5.32 Å². The van der Waals surface area contributed by atoms with Crippen LogP contribution >= 0.6 is 0 Å². The zero-order valence-electron chi connectivity index (χ0n) is 16.2. The van der Waals surface area contributed by atoms with Crippen LogP contribution in [0.3, 0.4) is 0 Å². The summed E-state index contributed by atoms with van der Waals surface area (Å²) >= 11 is 0. The average Bonchev–Trinajstić information content (AvgIpc) is 2.64. The molecule has 0 radical (unpaired) electrons. The van der Waals surface area contributed by atoms with Gasteiger partial charge in [-0.2, -0.15) is 4.31 Å². The molecule has 0 saturated heterocycles. The maximum absolute atomic E-state index is 12.8. The Morgan fingerprint density at radius 2 is 1.67 bits per heavy atom. The van der Waals surface area contributed by atoms with Gasteiger partial charge in [-0.15, -0.1) is 0 Å². The van der Waals surface area contributed by atoms with E-state index in [1.165, 1.54) is 9.87 Å². The van der Waals surface area contributed by atoms with E-state index in [1.54, 1.807) is 30.3 Å². The molecule has 0 fully saturated rings. The Balaban J connectivity index is 1.88. The summed E-state index contributed by atoms with van der Waals surface area (Å²) in [6.45, 7) is 6.36. The molecule has 0 aliphatic heterocycles. The monoisotopic (exact) mass is 388 g/mol. The van der Waals surface area contributed by atoms with E-state index in [-0.39, 0.29) is 29.8 Å². The van der Waals surface area contributed by atoms with Gasteiger partial charge in [0.25, 0.3) is 0 Å². The molecule has 0 atom stereocenters. The highest BCUT2D eigenvalue weighted by Gasteiger charge is 2.27. The highest BCUT2D eigenvalue weighted by atomic mass is 32.2. The van der Waals surface area contributed by atoms with Crippen LogP contribution in [0.2, 0.25) is 0 Å². The zero-order valence-corrected chi connectivity index (χ0v) is 17.0. The van der Waals surface area contributed by atoms with Crippen LogP contribution in [0.4, 0.5) is 0 Å². The highest BCUT2D eigenvalue weighted by molar-refractivity contribution is 7.89. The number of aryl methyl sites for hydroxylation is 1. The van der Waals surface area contributed by atoms with Gasteiger partial charge in [0.15, 0.2) is 0 Å². The minimum Gasteiger partial charge on any atom is -0.356 e. The molecule has 0 heterocycles. The zero-order chi connectivity index (χ0) is 19.9. The normalized spacial score (nSPS) is 11.7. The summed E-state index contributed by atoms with van der Waals surface area (Å²) in [7, 11) is -3.61. The fourth-order valence-electron chi connectivity index (χ4n) is 2.78. The van der Waals surface area contributed by atoms with E-state index in [1.807, 2.05) is 32.9 Å². The maximum atomic E-state index is 12.8. The predicted molar refractivity (Wildman–Crippen MR) is 108 cm³/mol. The van der Waals surface area contributed by atoms with Crippen molar-refractivity contribution >= 4 is 15.9 Å². The summed E-state index contributed by atoms with van der Waals surface area (Å²) in [6, 6.07) is 16.3. The fraction of sp³-hybridized carbons (Fsp3) is 0.381. The van der Waals surface area contributed by atoms with Crippen molar-refractivity contribution in [1.29, 1.82) is 0 Å². The van der Waals surface area contributed by atoms with Crippen LogP contribution in [0.1, 0.15) is 31.4 Å². The summed E-state index contributed by atoms with van der Waals surface area (Å²) in [5.74, 6) is -0.143. The van der Waals surface area contributed by atoms with E-state index in [4.69, 9.17) is 0 Å². The van der Waals surface area contributed by atoms with Crippen molar-refractivity contribution in [2.24, 2.45) is 0 Å². The number of hydrogen-bond acceptors (Lipinski definition) is 3. The molecule has 0 aliphatic rings. The van der Waals surface area contributed by atoms with Gasteiger partial charge in [0.05, 0.1) is 4.90 Å². The van der Waals surface area contributed by atoms with Crippen molar-refractivity contribution in [3.63, 3.8) is 0 Å². The average molecular weight is 389 g/mol. The van der Waals surface area contributed by atoms with Crippen molar-refractivity contribution < 1.29 is 13.2 Å². The quantitative estimate of drug-likeness (QED) is 0.718. The summed E-state index contributed by atoms with van der Waals surface area (Å²) in [5.41, 5.74) is 2.37. The Hall–Kier alpha value is -2.18. The minimum absolute atomic E-state index is 0.137. The van der Waals surface area contributed by atoms with Gasteiger partial charge >= 0.3 is 0 Å². The molecule has 2 rings (SSSR count). The van der Waals surface area contributed by atoms with E-state index in [2.05, 4.69) is 17.4 Å². The second kappa shape index (κ2) is 9.67. The topological polar surface area (TPSA) is 66.5 Å². The second-order valence-corrected chi connectivity index (χ2v) is 8.75. The molecular formula is C21H28N2O3S. The Morgan fingerprint density at radius 3 is 2.26 bits per heavy atom. The number of sulfonamides is 1.